The van der Waals surface area contributed by atoms with Crippen molar-refractivity contribution in [3.8, 4) is 5.75 Å². The quantitative estimate of drug-likeness (QED) is 0.789. The number of rotatable bonds is 3. The van der Waals surface area contributed by atoms with Gasteiger partial charge in [0, 0.05) is 24.6 Å². The number of methoxy groups -OCH3 is 1. The lowest BCUT2D eigenvalue weighted by atomic mass is 9.88. The number of carbonyl (C=O) groups is 2. The number of nitrogens with zero attached hydrogens (tertiary/aromatic N) is 1. The highest BCUT2D eigenvalue weighted by atomic mass is 16.6. The molecule has 0 N–H and O–H groups in total. The molecule has 1 aromatic rings. The Morgan fingerprint density at radius 3 is 2.29 bits per heavy atom. The molecule has 1 fully saturated rings. The first-order valence-corrected chi connectivity index (χ1v) is 8.38. The number of ether oxygens (including phenoxy) is 2. The van der Waals surface area contributed by atoms with Gasteiger partial charge in [-0.3, -0.25) is 4.79 Å². The van der Waals surface area contributed by atoms with Gasteiger partial charge in [-0.05, 0) is 64.3 Å². The fraction of sp³-hybridized carbons (Fsp3) is 0.579. The molecule has 2 rings (SSSR count). The largest absolute Gasteiger partial charge is 0.496 e. The third kappa shape index (κ3) is 4.49. The second kappa shape index (κ2) is 7.24. The molecule has 1 aromatic carbocycles. The number of likely N-dealkylation sites (tertiary alicyclic amines) is 1. The minimum absolute atomic E-state index is 0.0449. The number of benzene rings is 1. The Hall–Kier alpha value is -2.04. The van der Waals surface area contributed by atoms with Crippen molar-refractivity contribution < 1.29 is 19.1 Å². The Labute approximate surface area is 143 Å². The van der Waals surface area contributed by atoms with Crippen molar-refractivity contribution >= 4 is 11.9 Å². The zero-order chi connectivity index (χ0) is 17.9. The molecule has 132 valence electrons. The van der Waals surface area contributed by atoms with Crippen LogP contribution in [0.25, 0.3) is 0 Å². The summed E-state index contributed by atoms with van der Waals surface area (Å²) in [5.41, 5.74) is 1.17. The van der Waals surface area contributed by atoms with Crippen molar-refractivity contribution in [2.75, 3.05) is 20.2 Å². The summed E-state index contributed by atoms with van der Waals surface area (Å²) in [6.07, 6.45) is 1.04. The van der Waals surface area contributed by atoms with E-state index in [1.165, 1.54) is 0 Å². The number of carbonyl (C=O) groups excluding carboxylic acids is 2. The molecule has 24 heavy (non-hydrogen) atoms. The summed E-state index contributed by atoms with van der Waals surface area (Å²) in [7, 11) is 1.62. The number of aryl methyl sites for hydroxylation is 1. The molecule has 0 unspecified atom stereocenters. The molecule has 0 aromatic heterocycles. The second-order valence-electron chi connectivity index (χ2n) is 7.29. The molecular weight excluding hydrogens is 306 g/mol. The Balaban J connectivity index is 1.95. The molecule has 5 nitrogen and oxygen atoms in total. The van der Waals surface area contributed by atoms with Crippen molar-refractivity contribution in [2.45, 2.75) is 46.1 Å². The van der Waals surface area contributed by atoms with Gasteiger partial charge in [0.1, 0.15) is 11.4 Å². The summed E-state index contributed by atoms with van der Waals surface area (Å²) >= 11 is 0. The summed E-state index contributed by atoms with van der Waals surface area (Å²) in [6, 6.07) is 5.52. The molecular formula is C19H27NO4. The summed E-state index contributed by atoms with van der Waals surface area (Å²) in [5, 5.41) is 0. The highest BCUT2D eigenvalue weighted by Crippen LogP contribution is 2.26. The minimum Gasteiger partial charge on any atom is -0.496 e. The number of hydrogen-bond acceptors (Lipinski definition) is 4. The summed E-state index contributed by atoms with van der Waals surface area (Å²) in [4.78, 5) is 26.5. The first-order chi connectivity index (χ1) is 11.2. The highest BCUT2D eigenvalue weighted by Gasteiger charge is 2.30. The topological polar surface area (TPSA) is 55.8 Å². The van der Waals surface area contributed by atoms with Crippen molar-refractivity contribution in [2.24, 2.45) is 5.92 Å². The zero-order valence-corrected chi connectivity index (χ0v) is 15.2. The van der Waals surface area contributed by atoms with E-state index < -0.39 is 5.60 Å². The van der Waals surface area contributed by atoms with Gasteiger partial charge in [0.2, 0.25) is 0 Å². The van der Waals surface area contributed by atoms with E-state index in [2.05, 4.69) is 0 Å². The van der Waals surface area contributed by atoms with Crippen LogP contribution in [-0.4, -0.2) is 42.6 Å². The van der Waals surface area contributed by atoms with Gasteiger partial charge in [-0.15, -0.1) is 0 Å². The van der Waals surface area contributed by atoms with Gasteiger partial charge < -0.3 is 14.4 Å². The lowest BCUT2D eigenvalue weighted by molar-refractivity contribution is 0.0182. The average molecular weight is 333 g/mol. The summed E-state index contributed by atoms with van der Waals surface area (Å²) in [5.74, 6) is 0.882. The van der Waals surface area contributed by atoms with Crippen LogP contribution in [-0.2, 0) is 4.74 Å². The summed E-state index contributed by atoms with van der Waals surface area (Å²) in [6.45, 7) is 8.61. The van der Waals surface area contributed by atoms with E-state index in [0.717, 1.165) is 11.3 Å². The van der Waals surface area contributed by atoms with Crippen LogP contribution in [0.15, 0.2) is 18.2 Å². The monoisotopic (exact) mass is 333 g/mol. The molecule has 0 atom stereocenters. The molecule has 1 heterocycles. The molecule has 1 amide bonds. The molecule has 0 bridgehead atoms. The normalized spacial score (nSPS) is 16.0. The van der Waals surface area contributed by atoms with Crippen LogP contribution >= 0.6 is 0 Å². The lowest BCUT2D eigenvalue weighted by Crippen LogP contribution is -2.43. The van der Waals surface area contributed by atoms with Crippen LogP contribution in [0.1, 0.15) is 49.5 Å². The van der Waals surface area contributed by atoms with Gasteiger partial charge in [0.25, 0.3) is 0 Å². The summed E-state index contributed by atoms with van der Waals surface area (Å²) < 4.78 is 10.6. The van der Waals surface area contributed by atoms with Gasteiger partial charge in [-0.25, -0.2) is 4.79 Å². The van der Waals surface area contributed by atoms with E-state index in [1.807, 2.05) is 45.9 Å². The van der Waals surface area contributed by atoms with Gasteiger partial charge in [-0.1, -0.05) is 0 Å². The third-order valence-electron chi connectivity index (χ3n) is 4.20. The van der Waals surface area contributed by atoms with E-state index in [-0.39, 0.29) is 17.8 Å². The lowest BCUT2D eigenvalue weighted by Gasteiger charge is -2.33. The molecule has 1 aliphatic rings. The van der Waals surface area contributed by atoms with E-state index in [1.54, 1.807) is 12.0 Å². The van der Waals surface area contributed by atoms with Crippen molar-refractivity contribution in [1.29, 1.82) is 0 Å². The fourth-order valence-corrected chi connectivity index (χ4v) is 2.92. The highest BCUT2D eigenvalue weighted by molar-refractivity contribution is 5.98. The molecule has 0 saturated carbocycles. The third-order valence-corrected chi connectivity index (χ3v) is 4.20. The van der Waals surface area contributed by atoms with Crippen LogP contribution in [0.5, 0.6) is 5.75 Å². The first-order valence-electron chi connectivity index (χ1n) is 8.38. The van der Waals surface area contributed by atoms with E-state index in [0.29, 0.717) is 31.5 Å². The number of piperidine rings is 1. The Bertz CT molecular complexity index is 610. The Morgan fingerprint density at radius 2 is 1.79 bits per heavy atom. The molecule has 0 aliphatic carbocycles. The van der Waals surface area contributed by atoms with E-state index in [9.17, 15) is 9.59 Å². The number of hydrogen-bond donors (Lipinski definition) is 0. The second-order valence-corrected chi connectivity index (χ2v) is 7.29. The maximum atomic E-state index is 12.7. The van der Waals surface area contributed by atoms with Crippen LogP contribution in [0, 0.1) is 12.8 Å². The van der Waals surface area contributed by atoms with Crippen molar-refractivity contribution in [3.63, 3.8) is 0 Å². The Kier molecular flexibility index (Phi) is 5.52. The van der Waals surface area contributed by atoms with Crippen molar-refractivity contribution in [1.82, 2.24) is 4.90 Å². The van der Waals surface area contributed by atoms with Crippen LogP contribution in [0.4, 0.5) is 4.79 Å². The maximum Gasteiger partial charge on any atom is 0.410 e. The van der Waals surface area contributed by atoms with Gasteiger partial charge >= 0.3 is 6.09 Å². The molecule has 0 spiro atoms. The van der Waals surface area contributed by atoms with Crippen molar-refractivity contribution in [3.05, 3.63) is 29.3 Å². The molecule has 5 heteroatoms. The minimum atomic E-state index is -0.496. The predicted octanol–water partition coefficient (Wildman–Crippen LogP) is 3.83. The fourth-order valence-electron chi connectivity index (χ4n) is 2.92. The number of amides is 1. The SMILES string of the molecule is COc1ccc(C(=O)C2CCN(C(=O)OC(C)(C)C)CC2)cc1C. The Morgan fingerprint density at radius 1 is 1.17 bits per heavy atom. The average Bonchev–Trinajstić information content (AvgIpc) is 2.52. The standard InChI is InChI=1S/C19H27NO4/c1-13-12-15(6-7-16(13)23-5)17(21)14-8-10-20(11-9-14)18(22)24-19(2,3)4/h6-7,12,14H,8-11H2,1-5H3. The molecule has 1 saturated heterocycles. The number of ketones is 1. The number of Topliss-reactive ketones (excluding diaryl/α,β-unsaturated/α-hetero) is 1. The maximum absolute atomic E-state index is 12.7. The predicted molar refractivity (Wildman–Crippen MR) is 92.6 cm³/mol. The van der Waals surface area contributed by atoms with Gasteiger partial charge in [0.15, 0.2) is 5.78 Å². The van der Waals surface area contributed by atoms with Crippen LogP contribution in [0.3, 0.4) is 0 Å². The van der Waals surface area contributed by atoms with Crippen LogP contribution < -0.4 is 4.74 Å². The van der Waals surface area contributed by atoms with Gasteiger partial charge in [-0.2, -0.15) is 0 Å². The van der Waals surface area contributed by atoms with E-state index in [4.69, 9.17) is 9.47 Å². The molecule has 1 aliphatic heterocycles. The first kappa shape index (κ1) is 18.3. The molecule has 0 radical (unpaired) electrons. The van der Waals surface area contributed by atoms with Gasteiger partial charge in [0.05, 0.1) is 7.11 Å². The van der Waals surface area contributed by atoms with Crippen LogP contribution in [0.2, 0.25) is 0 Å². The van der Waals surface area contributed by atoms with E-state index >= 15 is 0 Å². The smallest absolute Gasteiger partial charge is 0.410 e. The zero-order valence-electron chi connectivity index (χ0n) is 15.2.